The first kappa shape index (κ1) is 20.8. The molecular formula is C21H17ClN2O4S. The van der Waals surface area contributed by atoms with E-state index in [1.165, 1.54) is 11.3 Å². The van der Waals surface area contributed by atoms with E-state index in [1.807, 2.05) is 6.92 Å². The summed E-state index contributed by atoms with van der Waals surface area (Å²) in [5.74, 6) is -1.45. The van der Waals surface area contributed by atoms with Crippen LogP contribution in [0.15, 0.2) is 30.3 Å². The molecule has 0 amide bonds. The summed E-state index contributed by atoms with van der Waals surface area (Å²) in [5, 5.41) is 0. The summed E-state index contributed by atoms with van der Waals surface area (Å²) in [4.78, 5) is 44.5. The van der Waals surface area contributed by atoms with Crippen molar-refractivity contribution in [3.8, 4) is 11.1 Å². The van der Waals surface area contributed by atoms with Gasteiger partial charge in [0.05, 0.1) is 39.6 Å². The van der Waals surface area contributed by atoms with Gasteiger partial charge in [-0.3, -0.25) is 19.6 Å². The van der Waals surface area contributed by atoms with Crippen molar-refractivity contribution in [2.45, 2.75) is 27.2 Å². The zero-order valence-electron chi connectivity index (χ0n) is 16.0. The summed E-state index contributed by atoms with van der Waals surface area (Å²) in [6, 6.07) is 8.14. The Balaban J connectivity index is 1.69. The lowest BCUT2D eigenvalue weighted by Crippen LogP contribution is -2.16. The third kappa shape index (κ3) is 4.75. The van der Waals surface area contributed by atoms with E-state index < -0.39 is 11.9 Å². The molecule has 2 aromatic heterocycles. The summed E-state index contributed by atoms with van der Waals surface area (Å²) >= 11 is 7.33. The van der Waals surface area contributed by atoms with Crippen LogP contribution in [-0.4, -0.2) is 28.2 Å². The number of rotatable bonds is 5. The smallest absolute Gasteiger partial charge is 0.345 e. The molecule has 8 heteroatoms. The van der Waals surface area contributed by atoms with Gasteiger partial charge in [0.2, 0.25) is 0 Å². The molecule has 0 N–H and O–H groups in total. The van der Waals surface area contributed by atoms with Crippen molar-refractivity contribution in [3.63, 3.8) is 0 Å². The Bertz CT molecular complexity index is 1110. The topological polar surface area (TPSA) is 86.2 Å². The molecule has 2 heterocycles. The van der Waals surface area contributed by atoms with Gasteiger partial charge in [0.25, 0.3) is 0 Å². The molecule has 3 rings (SSSR count). The average molecular weight is 429 g/mol. The van der Waals surface area contributed by atoms with E-state index >= 15 is 0 Å². The molecule has 0 aliphatic heterocycles. The molecule has 0 bridgehead atoms. The molecule has 29 heavy (non-hydrogen) atoms. The highest BCUT2D eigenvalue weighted by Gasteiger charge is 2.17. The fraction of sp³-hybridized carbons (Fsp3) is 0.190. The number of halogens is 1. The van der Waals surface area contributed by atoms with Gasteiger partial charge in [-0.25, -0.2) is 4.79 Å². The van der Waals surface area contributed by atoms with Crippen LogP contribution in [0.1, 0.15) is 42.8 Å². The Kier molecular flexibility index (Phi) is 6.20. The molecule has 0 saturated carbocycles. The Hall–Kier alpha value is -2.90. The Morgan fingerprint density at radius 2 is 1.72 bits per heavy atom. The van der Waals surface area contributed by atoms with Gasteiger partial charge >= 0.3 is 11.9 Å². The number of hydrogen-bond donors (Lipinski definition) is 0. The first-order chi connectivity index (χ1) is 13.8. The van der Waals surface area contributed by atoms with E-state index in [0.717, 1.165) is 23.2 Å². The number of ether oxygens (including phenoxy) is 1. The van der Waals surface area contributed by atoms with Crippen molar-refractivity contribution >= 4 is 41.2 Å². The van der Waals surface area contributed by atoms with Gasteiger partial charge < -0.3 is 4.74 Å². The minimum atomic E-state index is -0.749. The highest BCUT2D eigenvalue weighted by atomic mass is 35.5. The SMILES string of the molecule is Cc1nc(C)c(CC(=O)OC(=O)c2ccc(-c3cc(C=O)sc3Cl)cc2)nc1C. The lowest BCUT2D eigenvalue weighted by atomic mass is 10.1. The minimum absolute atomic E-state index is 0.136. The number of esters is 2. The maximum Gasteiger partial charge on any atom is 0.345 e. The van der Waals surface area contributed by atoms with E-state index in [9.17, 15) is 14.4 Å². The van der Waals surface area contributed by atoms with Crippen LogP contribution < -0.4 is 0 Å². The van der Waals surface area contributed by atoms with Crippen molar-refractivity contribution in [2.24, 2.45) is 0 Å². The molecule has 6 nitrogen and oxygen atoms in total. The van der Waals surface area contributed by atoms with Gasteiger partial charge in [-0.1, -0.05) is 23.7 Å². The Morgan fingerprint density at radius 1 is 1.07 bits per heavy atom. The van der Waals surface area contributed by atoms with Crippen LogP contribution in [0.5, 0.6) is 0 Å². The average Bonchev–Trinajstić information content (AvgIpc) is 3.07. The van der Waals surface area contributed by atoms with Crippen LogP contribution in [0.3, 0.4) is 0 Å². The monoisotopic (exact) mass is 428 g/mol. The Morgan fingerprint density at radius 3 is 2.34 bits per heavy atom. The largest absolute Gasteiger partial charge is 0.389 e. The number of aryl methyl sites for hydroxylation is 3. The molecule has 1 aromatic carbocycles. The van der Waals surface area contributed by atoms with E-state index in [0.29, 0.717) is 26.2 Å². The molecule has 148 valence electrons. The van der Waals surface area contributed by atoms with Crippen LogP contribution >= 0.6 is 22.9 Å². The molecular weight excluding hydrogens is 412 g/mol. The number of carbonyl (C=O) groups excluding carboxylic acids is 3. The second kappa shape index (κ2) is 8.63. The van der Waals surface area contributed by atoms with Crippen molar-refractivity contribution in [1.82, 2.24) is 9.97 Å². The molecule has 0 fully saturated rings. The van der Waals surface area contributed by atoms with Crippen molar-refractivity contribution in [3.05, 3.63) is 67.9 Å². The summed E-state index contributed by atoms with van der Waals surface area (Å²) in [7, 11) is 0. The first-order valence-electron chi connectivity index (χ1n) is 8.69. The van der Waals surface area contributed by atoms with E-state index in [4.69, 9.17) is 16.3 Å². The number of aromatic nitrogens is 2. The molecule has 0 saturated heterocycles. The van der Waals surface area contributed by atoms with Gasteiger partial charge in [0.1, 0.15) is 4.34 Å². The molecule has 0 aliphatic carbocycles. The number of benzene rings is 1. The van der Waals surface area contributed by atoms with Crippen LogP contribution in [-0.2, 0) is 16.0 Å². The van der Waals surface area contributed by atoms with Crippen LogP contribution in [0, 0.1) is 20.8 Å². The van der Waals surface area contributed by atoms with Gasteiger partial charge in [-0.05, 0) is 44.5 Å². The summed E-state index contributed by atoms with van der Waals surface area (Å²) in [6.45, 7) is 5.41. The molecule has 0 unspecified atom stereocenters. The fourth-order valence-electron chi connectivity index (χ4n) is 2.69. The van der Waals surface area contributed by atoms with Gasteiger partial charge in [0.15, 0.2) is 6.29 Å². The Labute approximate surface area is 176 Å². The standard InChI is InChI=1S/C21H17ClN2O4S/c1-11-12(2)24-18(13(3)23-11)9-19(26)28-21(27)15-6-4-14(5-7-15)17-8-16(10-25)29-20(17)22/h4-8,10H,9H2,1-3H3. The van der Waals surface area contributed by atoms with Gasteiger partial charge in [-0.2, -0.15) is 0 Å². The fourth-order valence-corrected chi connectivity index (χ4v) is 3.84. The molecule has 3 aromatic rings. The van der Waals surface area contributed by atoms with Gasteiger partial charge in [-0.15, -0.1) is 11.3 Å². The lowest BCUT2D eigenvalue weighted by Gasteiger charge is -2.08. The number of aldehydes is 1. The number of nitrogens with zero attached hydrogens (tertiary/aromatic N) is 2. The van der Waals surface area contributed by atoms with E-state index in [1.54, 1.807) is 44.2 Å². The lowest BCUT2D eigenvalue weighted by molar-refractivity contribution is -0.137. The molecule has 0 atom stereocenters. The summed E-state index contributed by atoms with van der Waals surface area (Å²) in [6.07, 6.45) is 0.599. The van der Waals surface area contributed by atoms with E-state index in [-0.39, 0.29) is 12.0 Å². The van der Waals surface area contributed by atoms with Crippen molar-refractivity contribution in [2.75, 3.05) is 0 Å². The predicted molar refractivity (Wildman–Crippen MR) is 111 cm³/mol. The van der Waals surface area contributed by atoms with E-state index in [2.05, 4.69) is 9.97 Å². The minimum Gasteiger partial charge on any atom is -0.389 e. The van der Waals surface area contributed by atoms with Crippen molar-refractivity contribution < 1.29 is 19.1 Å². The maximum absolute atomic E-state index is 12.3. The second-order valence-electron chi connectivity index (χ2n) is 6.40. The third-order valence-electron chi connectivity index (χ3n) is 4.35. The number of carbonyl (C=O) groups is 3. The van der Waals surface area contributed by atoms with Gasteiger partial charge in [0, 0.05) is 5.56 Å². The highest BCUT2D eigenvalue weighted by molar-refractivity contribution is 7.18. The summed E-state index contributed by atoms with van der Waals surface area (Å²) < 4.78 is 5.43. The third-order valence-corrected chi connectivity index (χ3v) is 5.64. The summed E-state index contributed by atoms with van der Waals surface area (Å²) in [5.41, 5.74) is 4.32. The number of hydrogen-bond acceptors (Lipinski definition) is 7. The highest BCUT2D eigenvalue weighted by Crippen LogP contribution is 2.35. The zero-order valence-corrected chi connectivity index (χ0v) is 17.6. The second-order valence-corrected chi connectivity index (χ2v) is 8.08. The first-order valence-corrected chi connectivity index (χ1v) is 9.88. The predicted octanol–water partition coefficient (Wildman–Crippen LogP) is 4.52. The number of thiophene rings is 1. The van der Waals surface area contributed by atoms with Crippen LogP contribution in [0.4, 0.5) is 0 Å². The quantitative estimate of drug-likeness (QED) is 0.337. The zero-order chi connectivity index (χ0) is 21.1. The maximum atomic E-state index is 12.3. The molecule has 0 radical (unpaired) electrons. The molecule has 0 aliphatic rings. The van der Waals surface area contributed by atoms with Crippen LogP contribution in [0.25, 0.3) is 11.1 Å². The van der Waals surface area contributed by atoms with Crippen molar-refractivity contribution in [1.29, 1.82) is 0 Å². The van der Waals surface area contributed by atoms with Crippen LogP contribution in [0.2, 0.25) is 4.34 Å². The normalized spacial score (nSPS) is 10.6. The molecule has 0 spiro atoms.